The van der Waals surface area contributed by atoms with Crippen LogP contribution in [0.15, 0.2) is 25.3 Å². The summed E-state index contributed by atoms with van der Waals surface area (Å²) in [5, 5.41) is 0. The molecule has 0 aromatic heterocycles. The Hall–Kier alpha value is -1.39. The Labute approximate surface area is 74.6 Å². The van der Waals surface area contributed by atoms with Gasteiger partial charge in [-0.2, -0.15) is 4.39 Å². The molecular formula is C8H10F2O3. The molecule has 0 rings (SSSR count). The number of hydrogen-bond acceptors (Lipinski definition) is 3. The SMILES string of the molecule is C=CCC(F)OC(=O)OC(F)C=C. The second kappa shape index (κ2) is 6.16. The van der Waals surface area contributed by atoms with Crippen molar-refractivity contribution < 1.29 is 23.0 Å². The molecule has 2 atom stereocenters. The predicted molar refractivity (Wildman–Crippen MR) is 42.4 cm³/mol. The maximum absolute atomic E-state index is 12.5. The fraction of sp³-hybridized carbons (Fsp3) is 0.375. The fourth-order valence-corrected chi connectivity index (χ4v) is 0.451. The molecule has 0 saturated heterocycles. The van der Waals surface area contributed by atoms with Crippen molar-refractivity contribution in [2.75, 3.05) is 0 Å². The Morgan fingerprint density at radius 1 is 1.38 bits per heavy atom. The number of carbonyl (C=O) groups is 1. The van der Waals surface area contributed by atoms with Gasteiger partial charge in [0.25, 0.3) is 6.36 Å². The molecular weight excluding hydrogens is 182 g/mol. The van der Waals surface area contributed by atoms with Crippen LogP contribution in [-0.4, -0.2) is 18.9 Å². The van der Waals surface area contributed by atoms with Crippen LogP contribution in [0.5, 0.6) is 0 Å². The Morgan fingerprint density at radius 2 is 2.00 bits per heavy atom. The van der Waals surface area contributed by atoms with Crippen LogP contribution in [0.1, 0.15) is 6.42 Å². The van der Waals surface area contributed by atoms with Gasteiger partial charge in [0.05, 0.1) is 0 Å². The molecule has 0 amide bonds. The van der Waals surface area contributed by atoms with Crippen LogP contribution in [0.25, 0.3) is 0 Å². The third kappa shape index (κ3) is 5.84. The van der Waals surface area contributed by atoms with Crippen LogP contribution >= 0.6 is 0 Å². The zero-order chi connectivity index (χ0) is 10.3. The van der Waals surface area contributed by atoms with Gasteiger partial charge in [0, 0.05) is 6.42 Å². The number of alkyl halides is 2. The van der Waals surface area contributed by atoms with Crippen LogP contribution in [0.2, 0.25) is 0 Å². The Balaban J connectivity index is 3.73. The summed E-state index contributed by atoms with van der Waals surface area (Å²) in [5.41, 5.74) is 0. The van der Waals surface area contributed by atoms with Gasteiger partial charge < -0.3 is 9.47 Å². The summed E-state index contributed by atoms with van der Waals surface area (Å²) in [6, 6.07) is 0. The lowest BCUT2D eigenvalue weighted by atomic mass is 10.4. The highest BCUT2D eigenvalue weighted by molar-refractivity contribution is 5.60. The zero-order valence-corrected chi connectivity index (χ0v) is 6.91. The number of hydrogen-bond donors (Lipinski definition) is 0. The standard InChI is InChI=1S/C8H10F2O3/c1-3-5-7(10)13-8(11)12-6(9)4-2/h3-4,6-7H,1-2,5H2. The Bertz CT molecular complexity index is 194. The van der Waals surface area contributed by atoms with Crippen molar-refractivity contribution in [1.29, 1.82) is 0 Å². The van der Waals surface area contributed by atoms with Gasteiger partial charge in [0.15, 0.2) is 0 Å². The number of halogens is 2. The highest BCUT2D eigenvalue weighted by Crippen LogP contribution is 2.05. The van der Waals surface area contributed by atoms with E-state index in [9.17, 15) is 13.6 Å². The third-order valence-corrected chi connectivity index (χ3v) is 0.970. The first-order valence-corrected chi connectivity index (χ1v) is 3.49. The van der Waals surface area contributed by atoms with Crippen LogP contribution in [-0.2, 0) is 9.47 Å². The molecule has 0 N–H and O–H groups in total. The third-order valence-electron chi connectivity index (χ3n) is 0.970. The summed E-state index contributed by atoms with van der Waals surface area (Å²) >= 11 is 0. The zero-order valence-electron chi connectivity index (χ0n) is 6.91. The molecule has 13 heavy (non-hydrogen) atoms. The van der Waals surface area contributed by atoms with Gasteiger partial charge in [-0.15, -0.1) is 6.58 Å². The number of rotatable bonds is 5. The van der Waals surface area contributed by atoms with E-state index in [1.165, 1.54) is 6.08 Å². The summed E-state index contributed by atoms with van der Waals surface area (Å²) in [6.07, 6.45) is -3.47. The Kier molecular flexibility index (Phi) is 5.50. The molecule has 0 heterocycles. The molecule has 0 bridgehead atoms. The topological polar surface area (TPSA) is 35.5 Å². The number of carbonyl (C=O) groups excluding carboxylic acids is 1. The lowest BCUT2D eigenvalue weighted by Crippen LogP contribution is -2.17. The smallest absolute Gasteiger partial charge is 0.399 e. The van der Waals surface area contributed by atoms with E-state index >= 15 is 0 Å². The molecule has 74 valence electrons. The number of ether oxygens (including phenoxy) is 2. The van der Waals surface area contributed by atoms with Gasteiger partial charge in [-0.3, -0.25) is 0 Å². The first-order valence-electron chi connectivity index (χ1n) is 3.49. The molecule has 0 saturated carbocycles. The lowest BCUT2D eigenvalue weighted by molar-refractivity contribution is -0.0586. The second-order valence-electron chi connectivity index (χ2n) is 2.01. The van der Waals surface area contributed by atoms with E-state index in [-0.39, 0.29) is 6.42 Å². The summed E-state index contributed by atoms with van der Waals surface area (Å²) < 4.78 is 32.6. The molecule has 0 aromatic carbocycles. The average Bonchev–Trinajstić information content (AvgIpc) is 2.04. The normalized spacial score (nSPS) is 14.0. The lowest BCUT2D eigenvalue weighted by Gasteiger charge is -2.08. The van der Waals surface area contributed by atoms with Crippen molar-refractivity contribution in [2.45, 2.75) is 19.1 Å². The quantitative estimate of drug-likeness (QED) is 0.496. The van der Waals surface area contributed by atoms with Crippen LogP contribution in [0.3, 0.4) is 0 Å². The minimum absolute atomic E-state index is 0.167. The van der Waals surface area contributed by atoms with Gasteiger partial charge in [0.2, 0.25) is 6.36 Å². The van der Waals surface area contributed by atoms with Crippen molar-refractivity contribution in [3.8, 4) is 0 Å². The summed E-state index contributed by atoms with van der Waals surface area (Å²) in [5.74, 6) is 0. The molecule has 0 fully saturated rings. The predicted octanol–water partition coefficient (Wildman–Crippen LogP) is 2.49. The van der Waals surface area contributed by atoms with Crippen LogP contribution in [0, 0.1) is 0 Å². The maximum Gasteiger partial charge on any atom is 0.513 e. The minimum atomic E-state index is -1.98. The summed E-state index contributed by atoms with van der Waals surface area (Å²) in [7, 11) is 0. The maximum atomic E-state index is 12.5. The van der Waals surface area contributed by atoms with Crippen molar-refractivity contribution in [2.24, 2.45) is 0 Å². The molecule has 3 nitrogen and oxygen atoms in total. The fourth-order valence-electron chi connectivity index (χ4n) is 0.451. The van der Waals surface area contributed by atoms with E-state index in [2.05, 4.69) is 22.6 Å². The van der Waals surface area contributed by atoms with Crippen molar-refractivity contribution in [3.63, 3.8) is 0 Å². The van der Waals surface area contributed by atoms with E-state index in [0.29, 0.717) is 0 Å². The van der Waals surface area contributed by atoms with E-state index in [1.807, 2.05) is 0 Å². The van der Waals surface area contributed by atoms with Crippen LogP contribution in [0.4, 0.5) is 13.6 Å². The first kappa shape index (κ1) is 11.6. The van der Waals surface area contributed by atoms with Gasteiger partial charge in [0.1, 0.15) is 0 Å². The van der Waals surface area contributed by atoms with Crippen molar-refractivity contribution in [3.05, 3.63) is 25.3 Å². The molecule has 5 heteroatoms. The van der Waals surface area contributed by atoms with Gasteiger partial charge in [-0.25, -0.2) is 9.18 Å². The first-order chi connectivity index (χ1) is 6.10. The van der Waals surface area contributed by atoms with E-state index < -0.39 is 18.9 Å². The molecule has 0 aliphatic heterocycles. The monoisotopic (exact) mass is 192 g/mol. The molecule has 0 aliphatic rings. The highest BCUT2D eigenvalue weighted by atomic mass is 19.2. The highest BCUT2D eigenvalue weighted by Gasteiger charge is 2.15. The molecule has 2 unspecified atom stereocenters. The Morgan fingerprint density at radius 3 is 2.46 bits per heavy atom. The van der Waals surface area contributed by atoms with E-state index in [0.717, 1.165) is 6.08 Å². The summed E-state index contributed by atoms with van der Waals surface area (Å²) in [4.78, 5) is 10.5. The average molecular weight is 192 g/mol. The van der Waals surface area contributed by atoms with E-state index in [1.54, 1.807) is 0 Å². The van der Waals surface area contributed by atoms with Gasteiger partial charge in [-0.05, 0) is 6.08 Å². The second-order valence-corrected chi connectivity index (χ2v) is 2.01. The van der Waals surface area contributed by atoms with Crippen LogP contribution < -0.4 is 0 Å². The van der Waals surface area contributed by atoms with Gasteiger partial charge in [-0.1, -0.05) is 12.7 Å². The summed E-state index contributed by atoms with van der Waals surface area (Å²) in [6.45, 7) is 6.23. The molecule has 0 aliphatic carbocycles. The van der Waals surface area contributed by atoms with Crippen molar-refractivity contribution >= 4 is 6.16 Å². The minimum Gasteiger partial charge on any atom is -0.399 e. The molecule has 0 spiro atoms. The molecule has 0 aromatic rings. The van der Waals surface area contributed by atoms with Gasteiger partial charge >= 0.3 is 6.16 Å². The molecule has 0 radical (unpaired) electrons. The van der Waals surface area contributed by atoms with E-state index in [4.69, 9.17) is 0 Å². The largest absolute Gasteiger partial charge is 0.513 e. The van der Waals surface area contributed by atoms with Crippen molar-refractivity contribution in [1.82, 2.24) is 0 Å².